The maximum atomic E-state index is 12.3. The number of methoxy groups -OCH3 is 1. The van der Waals surface area contributed by atoms with Crippen molar-refractivity contribution in [3.63, 3.8) is 0 Å². The van der Waals surface area contributed by atoms with Crippen LogP contribution < -0.4 is 4.74 Å². The number of fused-ring (bicyclic) bond motifs is 1. The number of hydrogen-bond donors (Lipinski definition) is 0. The summed E-state index contributed by atoms with van der Waals surface area (Å²) < 4.78 is 5.09. The molecule has 0 aliphatic heterocycles. The molecule has 0 bridgehead atoms. The van der Waals surface area contributed by atoms with Gasteiger partial charge in [0.25, 0.3) is 0 Å². The predicted octanol–water partition coefficient (Wildman–Crippen LogP) is 3.58. The molecule has 2 fully saturated rings. The minimum Gasteiger partial charge on any atom is -0.495 e. The molecule has 2 saturated carbocycles. The molecule has 3 rings (SSSR count). The molecule has 0 saturated heterocycles. The van der Waals surface area contributed by atoms with E-state index in [1.165, 1.54) is 6.42 Å². The fourth-order valence-electron chi connectivity index (χ4n) is 2.98. The highest BCUT2D eigenvalue weighted by molar-refractivity contribution is 6.32. The first-order valence-corrected chi connectivity index (χ1v) is 6.44. The first-order chi connectivity index (χ1) is 8.19. The van der Waals surface area contributed by atoms with Gasteiger partial charge in [-0.25, -0.2) is 0 Å². The monoisotopic (exact) mass is 250 g/mol. The number of ether oxygens (including phenoxy) is 1. The summed E-state index contributed by atoms with van der Waals surface area (Å²) in [6.45, 7) is 0. The summed E-state index contributed by atoms with van der Waals surface area (Å²) >= 11 is 6.04. The summed E-state index contributed by atoms with van der Waals surface area (Å²) in [6, 6.07) is 5.31. The van der Waals surface area contributed by atoms with E-state index in [1.807, 2.05) is 6.07 Å². The van der Waals surface area contributed by atoms with Gasteiger partial charge in [-0.2, -0.15) is 0 Å². The zero-order valence-electron chi connectivity index (χ0n) is 9.78. The Morgan fingerprint density at radius 1 is 1.29 bits per heavy atom. The topological polar surface area (TPSA) is 26.3 Å². The lowest BCUT2D eigenvalue weighted by Gasteiger charge is -2.11. The van der Waals surface area contributed by atoms with Crippen LogP contribution in [0.4, 0.5) is 0 Å². The Bertz CT molecular complexity index is 459. The number of rotatable bonds is 3. The van der Waals surface area contributed by atoms with Gasteiger partial charge < -0.3 is 4.74 Å². The second-order valence-electron chi connectivity index (χ2n) is 5.14. The summed E-state index contributed by atoms with van der Waals surface area (Å²) in [4.78, 5) is 12.3. The van der Waals surface area contributed by atoms with Crippen LogP contribution >= 0.6 is 11.6 Å². The Morgan fingerprint density at radius 2 is 2.00 bits per heavy atom. The minimum atomic E-state index is 0.225. The van der Waals surface area contributed by atoms with Crippen molar-refractivity contribution >= 4 is 17.4 Å². The van der Waals surface area contributed by atoms with E-state index < -0.39 is 0 Å². The molecule has 0 amide bonds. The van der Waals surface area contributed by atoms with Crippen LogP contribution in [0, 0.1) is 17.8 Å². The van der Waals surface area contributed by atoms with Gasteiger partial charge in [0.2, 0.25) is 0 Å². The van der Waals surface area contributed by atoms with Crippen molar-refractivity contribution in [1.82, 2.24) is 0 Å². The molecule has 0 spiro atoms. The van der Waals surface area contributed by atoms with E-state index in [0.29, 0.717) is 10.8 Å². The predicted molar refractivity (Wildman–Crippen MR) is 66.7 cm³/mol. The molecule has 1 aromatic rings. The number of ketones is 1. The third kappa shape index (κ3) is 1.95. The maximum Gasteiger partial charge on any atom is 0.166 e. The molecule has 0 aromatic heterocycles. The Labute approximate surface area is 106 Å². The smallest absolute Gasteiger partial charge is 0.166 e. The second kappa shape index (κ2) is 4.02. The fraction of sp³-hybridized carbons (Fsp3) is 0.500. The summed E-state index contributed by atoms with van der Waals surface area (Å²) in [5.41, 5.74) is 0.724. The van der Waals surface area contributed by atoms with Gasteiger partial charge in [-0.3, -0.25) is 4.79 Å². The number of Topliss-reactive ketones (excluding diaryl/α,β-unsaturated/α-hetero) is 1. The largest absolute Gasteiger partial charge is 0.495 e. The normalized spacial score (nSPS) is 29.9. The van der Waals surface area contributed by atoms with Crippen LogP contribution in [0.2, 0.25) is 5.02 Å². The minimum absolute atomic E-state index is 0.225. The van der Waals surface area contributed by atoms with Gasteiger partial charge in [0.05, 0.1) is 12.1 Å². The van der Waals surface area contributed by atoms with Crippen LogP contribution in [0.15, 0.2) is 18.2 Å². The van der Waals surface area contributed by atoms with Crippen molar-refractivity contribution in [3.05, 3.63) is 28.8 Å². The average Bonchev–Trinajstić information content (AvgIpc) is 2.95. The van der Waals surface area contributed by atoms with E-state index >= 15 is 0 Å². The standard InChI is InChI=1S/C14H15ClO2/c1-17-13-3-2-8(7-12(13)15)14(16)11-5-9-4-10(9)6-11/h2-3,7,9-11H,4-6H2,1H3. The van der Waals surface area contributed by atoms with Gasteiger partial charge in [0.1, 0.15) is 5.75 Å². The molecule has 2 atom stereocenters. The first-order valence-electron chi connectivity index (χ1n) is 6.07. The molecule has 2 aliphatic rings. The number of hydrogen-bond acceptors (Lipinski definition) is 2. The zero-order chi connectivity index (χ0) is 12.0. The van der Waals surface area contributed by atoms with Crippen LogP contribution in [0.3, 0.4) is 0 Å². The molecular weight excluding hydrogens is 236 g/mol. The fourth-order valence-corrected chi connectivity index (χ4v) is 3.24. The SMILES string of the molecule is COc1ccc(C(=O)C2CC3CC3C2)cc1Cl. The van der Waals surface area contributed by atoms with Gasteiger partial charge in [0.15, 0.2) is 5.78 Å². The summed E-state index contributed by atoms with van der Waals surface area (Å²) in [7, 11) is 1.58. The van der Waals surface area contributed by atoms with Crippen LogP contribution in [0.5, 0.6) is 5.75 Å². The molecule has 1 aromatic carbocycles. The molecule has 0 N–H and O–H groups in total. The van der Waals surface area contributed by atoms with Crippen molar-refractivity contribution in [2.45, 2.75) is 19.3 Å². The lowest BCUT2D eigenvalue weighted by molar-refractivity contribution is 0.0914. The Hall–Kier alpha value is -1.02. The van der Waals surface area contributed by atoms with E-state index in [1.54, 1.807) is 19.2 Å². The van der Waals surface area contributed by atoms with E-state index in [0.717, 1.165) is 30.2 Å². The van der Waals surface area contributed by atoms with E-state index in [4.69, 9.17) is 16.3 Å². The number of halogens is 1. The van der Waals surface area contributed by atoms with Crippen molar-refractivity contribution in [2.24, 2.45) is 17.8 Å². The lowest BCUT2D eigenvalue weighted by atomic mass is 9.93. The quantitative estimate of drug-likeness (QED) is 0.767. The summed E-state index contributed by atoms with van der Waals surface area (Å²) in [6.07, 6.45) is 3.49. The van der Waals surface area contributed by atoms with Gasteiger partial charge in [-0.05, 0) is 49.3 Å². The van der Waals surface area contributed by atoms with E-state index in [-0.39, 0.29) is 11.7 Å². The number of carbonyl (C=O) groups is 1. The molecule has 90 valence electrons. The molecule has 2 aliphatic carbocycles. The molecule has 2 unspecified atom stereocenters. The third-order valence-corrected chi connectivity index (χ3v) is 4.35. The molecule has 3 heteroatoms. The highest BCUT2D eigenvalue weighted by Gasteiger charge is 2.47. The van der Waals surface area contributed by atoms with Crippen molar-refractivity contribution in [2.75, 3.05) is 7.11 Å². The van der Waals surface area contributed by atoms with Crippen LogP contribution in [0.1, 0.15) is 29.6 Å². The highest BCUT2D eigenvalue weighted by atomic mass is 35.5. The van der Waals surface area contributed by atoms with Gasteiger partial charge >= 0.3 is 0 Å². The van der Waals surface area contributed by atoms with E-state index in [2.05, 4.69) is 0 Å². The maximum absolute atomic E-state index is 12.3. The second-order valence-corrected chi connectivity index (χ2v) is 5.54. The summed E-state index contributed by atoms with van der Waals surface area (Å²) in [5, 5.41) is 0.515. The zero-order valence-corrected chi connectivity index (χ0v) is 10.5. The molecule has 17 heavy (non-hydrogen) atoms. The Balaban J connectivity index is 1.79. The average molecular weight is 251 g/mol. The van der Waals surface area contributed by atoms with Crippen LogP contribution in [-0.2, 0) is 0 Å². The number of benzene rings is 1. The highest BCUT2D eigenvalue weighted by Crippen LogP contribution is 2.55. The number of carbonyl (C=O) groups excluding carboxylic acids is 1. The molecule has 2 nitrogen and oxygen atoms in total. The van der Waals surface area contributed by atoms with Crippen molar-refractivity contribution in [3.8, 4) is 5.75 Å². The molecule has 0 radical (unpaired) electrons. The Kier molecular flexibility index (Phi) is 2.62. The Morgan fingerprint density at radius 3 is 2.59 bits per heavy atom. The molecular formula is C14H15ClO2. The third-order valence-electron chi connectivity index (χ3n) is 4.05. The van der Waals surface area contributed by atoms with Crippen molar-refractivity contribution in [1.29, 1.82) is 0 Å². The van der Waals surface area contributed by atoms with Crippen LogP contribution in [0.25, 0.3) is 0 Å². The van der Waals surface area contributed by atoms with E-state index in [9.17, 15) is 4.79 Å². The van der Waals surface area contributed by atoms with Gasteiger partial charge in [0, 0.05) is 11.5 Å². The molecule has 0 heterocycles. The lowest BCUT2D eigenvalue weighted by Crippen LogP contribution is -2.13. The first kappa shape index (κ1) is 11.1. The summed E-state index contributed by atoms with van der Waals surface area (Å²) in [5.74, 6) is 2.76. The van der Waals surface area contributed by atoms with Gasteiger partial charge in [-0.15, -0.1) is 0 Å². The van der Waals surface area contributed by atoms with Gasteiger partial charge in [-0.1, -0.05) is 11.6 Å². The van der Waals surface area contributed by atoms with Crippen LogP contribution in [-0.4, -0.2) is 12.9 Å². The van der Waals surface area contributed by atoms with Crippen molar-refractivity contribution < 1.29 is 9.53 Å².